The van der Waals surface area contributed by atoms with E-state index in [2.05, 4.69) is 34.5 Å². The standard InChI is InChI=1S/C17H24N2O2/c20-12-17(21)18-16-8-4-7-14-10-19(11-15(14)16)9-13-5-2-1-3-6-13/h1-3,5-6,14-16,20H,4,7-12H2,(H,18,21). The van der Waals surface area contributed by atoms with Gasteiger partial charge in [0.05, 0.1) is 0 Å². The van der Waals surface area contributed by atoms with Crippen molar-refractivity contribution in [2.45, 2.75) is 31.8 Å². The number of nitrogens with one attached hydrogen (secondary N) is 1. The van der Waals surface area contributed by atoms with Crippen molar-refractivity contribution in [1.82, 2.24) is 10.2 Å². The number of amides is 1. The number of aliphatic hydroxyl groups excluding tert-OH is 1. The molecule has 3 atom stereocenters. The molecule has 1 heterocycles. The Hall–Kier alpha value is -1.39. The monoisotopic (exact) mass is 288 g/mol. The topological polar surface area (TPSA) is 52.6 Å². The van der Waals surface area contributed by atoms with Crippen LogP contribution in [-0.2, 0) is 11.3 Å². The van der Waals surface area contributed by atoms with Crippen LogP contribution in [0, 0.1) is 11.8 Å². The molecule has 1 aliphatic carbocycles. The Morgan fingerprint density at radius 2 is 2.05 bits per heavy atom. The van der Waals surface area contributed by atoms with E-state index in [9.17, 15) is 4.79 Å². The average Bonchev–Trinajstić information content (AvgIpc) is 2.91. The number of aliphatic hydroxyl groups is 1. The summed E-state index contributed by atoms with van der Waals surface area (Å²) in [6.45, 7) is 2.77. The van der Waals surface area contributed by atoms with Crippen LogP contribution < -0.4 is 5.32 Å². The minimum absolute atomic E-state index is 0.234. The van der Waals surface area contributed by atoms with Gasteiger partial charge in [-0.25, -0.2) is 0 Å². The van der Waals surface area contributed by atoms with E-state index in [1.165, 1.54) is 18.4 Å². The second kappa shape index (κ2) is 6.58. The van der Waals surface area contributed by atoms with E-state index in [0.717, 1.165) is 26.1 Å². The largest absolute Gasteiger partial charge is 0.387 e. The van der Waals surface area contributed by atoms with Crippen LogP contribution in [-0.4, -0.2) is 41.7 Å². The number of nitrogens with zero attached hydrogens (tertiary/aromatic N) is 1. The molecule has 1 saturated heterocycles. The summed E-state index contributed by atoms with van der Waals surface area (Å²) in [5.74, 6) is 0.992. The molecule has 1 aliphatic heterocycles. The molecule has 114 valence electrons. The third kappa shape index (κ3) is 3.44. The first-order valence-corrected chi connectivity index (χ1v) is 7.93. The van der Waals surface area contributed by atoms with Crippen molar-refractivity contribution < 1.29 is 9.90 Å². The Kier molecular flexibility index (Phi) is 4.56. The summed E-state index contributed by atoms with van der Waals surface area (Å²) in [5, 5.41) is 11.9. The van der Waals surface area contributed by atoms with Gasteiger partial charge in [-0.3, -0.25) is 9.69 Å². The number of likely N-dealkylation sites (tertiary alicyclic amines) is 1. The zero-order valence-corrected chi connectivity index (χ0v) is 12.4. The van der Waals surface area contributed by atoms with Gasteiger partial charge >= 0.3 is 0 Å². The van der Waals surface area contributed by atoms with Crippen LogP contribution in [0.25, 0.3) is 0 Å². The zero-order chi connectivity index (χ0) is 14.7. The highest BCUT2D eigenvalue weighted by Crippen LogP contribution is 2.36. The van der Waals surface area contributed by atoms with Gasteiger partial charge in [-0.2, -0.15) is 0 Å². The molecule has 1 aromatic rings. The first-order valence-electron chi connectivity index (χ1n) is 7.93. The van der Waals surface area contributed by atoms with Gasteiger partial charge < -0.3 is 10.4 Å². The first-order chi connectivity index (χ1) is 10.3. The van der Waals surface area contributed by atoms with Crippen molar-refractivity contribution in [2.24, 2.45) is 11.8 Å². The molecule has 1 aromatic carbocycles. The van der Waals surface area contributed by atoms with Gasteiger partial charge in [0.25, 0.3) is 0 Å². The third-order valence-corrected chi connectivity index (χ3v) is 4.91. The van der Waals surface area contributed by atoms with Gasteiger partial charge in [-0.15, -0.1) is 0 Å². The smallest absolute Gasteiger partial charge is 0.245 e. The number of carbonyl (C=O) groups excluding carboxylic acids is 1. The molecule has 4 nitrogen and oxygen atoms in total. The maximum Gasteiger partial charge on any atom is 0.245 e. The Morgan fingerprint density at radius 3 is 2.81 bits per heavy atom. The summed E-state index contributed by atoms with van der Waals surface area (Å²) in [7, 11) is 0. The fraction of sp³-hybridized carbons (Fsp3) is 0.588. The van der Waals surface area contributed by atoms with E-state index < -0.39 is 6.61 Å². The number of fused-ring (bicyclic) bond motifs is 1. The molecular weight excluding hydrogens is 264 g/mol. The summed E-state index contributed by atoms with van der Waals surface area (Å²) in [5.41, 5.74) is 1.35. The van der Waals surface area contributed by atoms with Crippen LogP contribution in [0.1, 0.15) is 24.8 Å². The molecule has 0 bridgehead atoms. The quantitative estimate of drug-likeness (QED) is 0.880. The second-order valence-corrected chi connectivity index (χ2v) is 6.37. The maximum absolute atomic E-state index is 11.5. The normalized spacial score (nSPS) is 29.1. The molecule has 1 amide bonds. The minimum atomic E-state index is -0.401. The van der Waals surface area contributed by atoms with Crippen LogP contribution in [0.5, 0.6) is 0 Å². The van der Waals surface area contributed by atoms with Crippen LogP contribution in [0.15, 0.2) is 30.3 Å². The van der Waals surface area contributed by atoms with Gasteiger partial charge in [-0.05, 0) is 30.2 Å². The molecule has 2 fully saturated rings. The van der Waals surface area contributed by atoms with Gasteiger partial charge in [-0.1, -0.05) is 36.8 Å². The van der Waals surface area contributed by atoms with Gasteiger partial charge in [0.2, 0.25) is 5.91 Å². The number of benzene rings is 1. The predicted molar refractivity (Wildman–Crippen MR) is 81.6 cm³/mol. The highest BCUT2D eigenvalue weighted by Gasteiger charge is 2.40. The average molecular weight is 288 g/mol. The van der Waals surface area contributed by atoms with E-state index in [0.29, 0.717) is 11.8 Å². The predicted octanol–water partition coefficient (Wildman–Crippen LogP) is 1.40. The van der Waals surface area contributed by atoms with Crippen LogP contribution >= 0.6 is 0 Å². The third-order valence-electron chi connectivity index (χ3n) is 4.91. The van der Waals surface area contributed by atoms with E-state index in [1.807, 2.05) is 6.07 Å². The first kappa shape index (κ1) is 14.5. The van der Waals surface area contributed by atoms with Crippen molar-refractivity contribution in [3.63, 3.8) is 0 Å². The van der Waals surface area contributed by atoms with E-state index in [1.54, 1.807) is 0 Å². The molecule has 2 N–H and O–H groups in total. The maximum atomic E-state index is 11.5. The van der Waals surface area contributed by atoms with Crippen molar-refractivity contribution in [1.29, 1.82) is 0 Å². The van der Waals surface area contributed by atoms with Crippen LogP contribution in [0.2, 0.25) is 0 Å². The number of hydrogen-bond acceptors (Lipinski definition) is 3. The molecule has 0 radical (unpaired) electrons. The molecule has 0 spiro atoms. The lowest BCUT2D eigenvalue weighted by Crippen LogP contribution is -2.46. The number of carbonyl (C=O) groups is 1. The Labute approximate surface area is 126 Å². The molecule has 1 saturated carbocycles. The molecule has 2 aliphatic rings. The second-order valence-electron chi connectivity index (χ2n) is 6.37. The van der Waals surface area contributed by atoms with Crippen LogP contribution in [0.4, 0.5) is 0 Å². The van der Waals surface area contributed by atoms with Crippen molar-refractivity contribution in [3.05, 3.63) is 35.9 Å². The lowest BCUT2D eigenvalue weighted by atomic mass is 9.78. The number of hydrogen-bond donors (Lipinski definition) is 2. The summed E-state index contributed by atoms with van der Waals surface area (Å²) in [6, 6.07) is 10.8. The fourth-order valence-electron chi connectivity index (χ4n) is 3.97. The number of rotatable bonds is 4. The van der Waals surface area contributed by atoms with Crippen molar-refractivity contribution >= 4 is 5.91 Å². The molecule has 21 heavy (non-hydrogen) atoms. The van der Waals surface area contributed by atoms with Gasteiger partial charge in [0.15, 0.2) is 0 Å². The lowest BCUT2D eigenvalue weighted by Gasteiger charge is -2.33. The Bertz CT molecular complexity index is 477. The van der Waals surface area contributed by atoms with Crippen LogP contribution in [0.3, 0.4) is 0 Å². The molecule has 3 rings (SSSR count). The molecular formula is C17H24N2O2. The fourth-order valence-corrected chi connectivity index (χ4v) is 3.97. The van der Waals surface area contributed by atoms with Gasteiger partial charge in [0, 0.05) is 25.7 Å². The summed E-state index contributed by atoms with van der Waals surface area (Å²) >= 11 is 0. The molecule has 3 unspecified atom stereocenters. The van der Waals surface area contributed by atoms with Gasteiger partial charge in [0.1, 0.15) is 6.61 Å². The van der Waals surface area contributed by atoms with E-state index >= 15 is 0 Å². The highest BCUT2D eigenvalue weighted by atomic mass is 16.3. The summed E-state index contributed by atoms with van der Waals surface area (Å²) in [6.07, 6.45) is 3.49. The van der Waals surface area contributed by atoms with Crippen molar-refractivity contribution in [2.75, 3.05) is 19.7 Å². The summed E-state index contributed by atoms with van der Waals surface area (Å²) < 4.78 is 0. The zero-order valence-electron chi connectivity index (χ0n) is 12.4. The van der Waals surface area contributed by atoms with E-state index in [4.69, 9.17) is 5.11 Å². The Balaban J connectivity index is 1.61. The molecule has 4 heteroatoms. The summed E-state index contributed by atoms with van der Waals surface area (Å²) in [4.78, 5) is 14.0. The highest BCUT2D eigenvalue weighted by molar-refractivity contribution is 5.77. The lowest BCUT2D eigenvalue weighted by molar-refractivity contribution is -0.125. The van der Waals surface area contributed by atoms with E-state index in [-0.39, 0.29) is 11.9 Å². The minimum Gasteiger partial charge on any atom is -0.387 e. The molecule has 0 aromatic heterocycles. The van der Waals surface area contributed by atoms with Crippen molar-refractivity contribution in [3.8, 4) is 0 Å². The Morgan fingerprint density at radius 1 is 1.24 bits per heavy atom. The SMILES string of the molecule is O=C(CO)NC1CCCC2CN(Cc3ccccc3)CC21.